The zero-order valence-electron chi connectivity index (χ0n) is 13.9. The Hall–Kier alpha value is -1.96. The fraction of sp³-hybridized carbons (Fsp3) is 0.368. The highest BCUT2D eigenvalue weighted by molar-refractivity contribution is 7.33. The monoisotopic (exact) mass is 387 g/mol. The predicted octanol–water partition coefficient (Wildman–Crippen LogP) is 3.68. The van der Waals surface area contributed by atoms with Crippen molar-refractivity contribution < 1.29 is 19.4 Å². The van der Waals surface area contributed by atoms with Crippen LogP contribution >= 0.6 is 22.7 Å². The van der Waals surface area contributed by atoms with Gasteiger partial charge < -0.3 is 14.7 Å². The van der Waals surface area contributed by atoms with E-state index in [-0.39, 0.29) is 18.4 Å². The van der Waals surface area contributed by atoms with E-state index in [9.17, 15) is 14.7 Å². The van der Waals surface area contributed by atoms with Gasteiger partial charge >= 0.3 is 5.97 Å². The van der Waals surface area contributed by atoms with Gasteiger partial charge in [-0.05, 0) is 18.6 Å². The van der Waals surface area contributed by atoms with Gasteiger partial charge in [0.05, 0.1) is 21.6 Å². The SMILES string of the molecule is O=C(c1cc2sc3ccccc3c2s1)N1C[C@H]2COCC[C@@]2(C(=O)O)C1. The second-order valence-corrected chi connectivity index (χ2v) is 9.21. The van der Waals surface area contributed by atoms with Crippen molar-refractivity contribution >= 4 is 54.0 Å². The second-order valence-electron chi connectivity index (χ2n) is 7.07. The zero-order valence-corrected chi connectivity index (χ0v) is 15.6. The van der Waals surface area contributed by atoms with E-state index >= 15 is 0 Å². The molecule has 7 heteroatoms. The van der Waals surface area contributed by atoms with Crippen LogP contribution in [0.25, 0.3) is 19.5 Å². The molecule has 2 atom stereocenters. The molecule has 5 nitrogen and oxygen atoms in total. The average molecular weight is 387 g/mol. The van der Waals surface area contributed by atoms with Crippen molar-refractivity contribution in [3.05, 3.63) is 35.2 Å². The Kier molecular flexibility index (Phi) is 3.60. The number of carboxylic acids is 1. The fourth-order valence-corrected chi connectivity index (χ4v) is 6.71. The summed E-state index contributed by atoms with van der Waals surface area (Å²) >= 11 is 3.20. The van der Waals surface area contributed by atoms with E-state index < -0.39 is 11.4 Å². The molecule has 0 radical (unpaired) electrons. The molecule has 2 aliphatic rings. The third-order valence-corrected chi connectivity index (χ3v) is 8.08. The van der Waals surface area contributed by atoms with E-state index in [1.807, 2.05) is 18.2 Å². The second kappa shape index (κ2) is 5.77. The van der Waals surface area contributed by atoms with Gasteiger partial charge in [-0.15, -0.1) is 22.7 Å². The Bertz CT molecular complexity index is 1040. The lowest BCUT2D eigenvalue weighted by Crippen LogP contribution is -2.45. The maximum absolute atomic E-state index is 13.1. The molecule has 0 aliphatic carbocycles. The molecule has 134 valence electrons. The molecule has 0 spiro atoms. The number of carboxylic acid groups (broad SMARTS) is 1. The van der Waals surface area contributed by atoms with Crippen LogP contribution < -0.4 is 0 Å². The summed E-state index contributed by atoms with van der Waals surface area (Å²) in [5.41, 5.74) is -0.852. The smallest absolute Gasteiger partial charge is 0.311 e. The number of likely N-dealkylation sites (tertiary alicyclic amines) is 1. The van der Waals surface area contributed by atoms with Crippen LogP contribution in [0.15, 0.2) is 30.3 Å². The summed E-state index contributed by atoms with van der Waals surface area (Å²) in [5, 5.41) is 11.0. The van der Waals surface area contributed by atoms with Gasteiger partial charge in [0.15, 0.2) is 0 Å². The lowest BCUT2D eigenvalue weighted by Gasteiger charge is -2.33. The molecule has 0 bridgehead atoms. The van der Waals surface area contributed by atoms with Crippen LogP contribution in [0.2, 0.25) is 0 Å². The maximum Gasteiger partial charge on any atom is 0.311 e. The molecule has 26 heavy (non-hydrogen) atoms. The molecule has 5 rings (SSSR count). The van der Waals surface area contributed by atoms with Gasteiger partial charge in [-0.2, -0.15) is 0 Å². The van der Waals surface area contributed by atoms with Crippen LogP contribution in [-0.2, 0) is 9.53 Å². The van der Waals surface area contributed by atoms with E-state index in [1.165, 1.54) is 21.4 Å². The first kappa shape index (κ1) is 16.2. The quantitative estimate of drug-likeness (QED) is 0.728. The van der Waals surface area contributed by atoms with Gasteiger partial charge in [0, 0.05) is 40.4 Å². The van der Waals surface area contributed by atoms with Crippen LogP contribution in [0.1, 0.15) is 16.1 Å². The number of rotatable bonds is 2. The lowest BCUT2D eigenvalue weighted by atomic mass is 9.74. The molecule has 0 unspecified atom stereocenters. The first-order chi connectivity index (χ1) is 12.6. The highest BCUT2D eigenvalue weighted by Crippen LogP contribution is 2.44. The summed E-state index contributed by atoms with van der Waals surface area (Å²) in [4.78, 5) is 27.4. The highest BCUT2D eigenvalue weighted by atomic mass is 32.1. The molecule has 1 aromatic carbocycles. The molecule has 2 fully saturated rings. The van der Waals surface area contributed by atoms with Gasteiger partial charge in [0.25, 0.3) is 5.91 Å². The summed E-state index contributed by atoms with van der Waals surface area (Å²) in [6.07, 6.45) is 0.473. The number of aliphatic carboxylic acids is 1. The molecule has 2 aliphatic heterocycles. The van der Waals surface area contributed by atoms with Crippen LogP contribution in [0.3, 0.4) is 0 Å². The van der Waals surface area contributed by atoms with E-state index in [4.69, 9.17) is 4.74 Å². The van der Waals surface area contributed by atoms with Crippen molar-refractivity contribution in [3.63, 3.8) is 0 Å². The van der Waals surface area contributed by atoms with Crippen LogP contribution in [-0.4, -0.2) is 48.2 Å². The molecule has 1 amide bonds. The van der Waals surface area contributed by atoms with Crippen molar-refractivity contribution in [3.8, 4) is 0 Å². The molecule has 3 aromatic rings. The number of fused-ring (bicyclic) bond motifs is 4. The number of ether oxygens (including phenoxy) is 1. The normalized spacial score (nSPS) is 25.7. The summed E-state index contributed by atoms with van der Waals surface area (Å²) in [7, 11) is 0. The van der Waals surface area contributed by atoms with Gasteiger partial charge in [0.2, 0.25) is 0 Å². The predicted molar refractivity (Wildman–Crippen MR) is 102 cm³/mol. The average Bonchev–Trinajstić information content (AvgIpc) is 3.31. The minimum Gasteiger partial charge on any atom is -0.481 e. The van der Waals surface area contributed by atoms with E-state index in [0.717, 1.165) is 9.40 Å². The number of amides is 1. The number of benzene rings is 1. The maximum atomic E-state index is 13.1. The van der Waals surface area contributed by atoms with E-state index in [2.05, 4.69) is 12.1 Å². The minimum atomic E-state index is -0.852. The van der Waals surface area contributed by atoms with Crippen molar-refractivity contribution in [2.45, 2.75) is 6.42 Å². The number of carbonyl (C=O) groups is 2. The van der Waals surface area contributed by atoms with Crippen molar-refractivity contribution in [2.24, 2.45) is 11.3 Å². The number of hydrogen-bond acceptors (Lipinski definition) is 5. The first-order valence-corrected chi connectivity index (χ1v) is 10.2. The molecule has 4 heterocycles. The third kappa shape index (κ3) is 2.24. The molecule has 0 saturated carbocycles. The summed E-state index contributed by atoms with van der Waals surface area (Å²) < 4.78 is 8.96. The lowest BCUT2D eigenvalue weighted by molar-refractivity contribution is -0.157. The van der Waals surface area contributed by atoms with E-state index in [1.54, 1.807) is 16.2 Å². The van der Waals surface area contributed by atoms with Gasteiger partial charge in [-0.3, -0.25) is 9.59 Å². The standard InChI is InChI=1S/C19H17NO4S2/c21-17(20-8-11-9-24-6-5-19(11,10-20)18(22)23)15-7-14-16(26-15)12-3-1-2-4-13(12)25-14/h1-4,7,11H,5-6,8-10H2,(H,22,23)/t11-,19+/m0/s1. The van der Waals surface area contributed by atoms with Gasteiger partial charge in [-0.25, -0.2) is 0 Å². The number of hydrogen-bond donors (Lipinski definition) is 1. The molecular weight excluding hydrogens is 370 g/mol. The van der Waals surface area contributed by atoms with Crippen molar-refractivity contribution in [1.29, 1.82) is 0 Å². The van der Waals surface area contributed by atoms with Crippen molar-refractivity contribution in [1.82, 2.24) is 4.90 Å². The Morgan fingerprint density at radius 2 is 2.08 bits per heavy atom. The molecular formula is C19H17NO4S2. The van der Waals surface area contributed by atoms with Crippen LogP contribution in [0.5, 0.6) is 0 Å². The van der Waals surface area contributed by atoms with Crippen LogP contribution in [0, 0.1) is 11.3 Å². The van der Waals surface area contributed by atoms with Crippen LogP contribution in [0.4, 0.5) is 0 Å². The topological polar surface area (TPSA) is 66.8 Å². The summed E-state index contributed by atoms with van der Waals surface area (Å²) in [6.45, 7) is 1.60. The van der Waals surface area contributed by atoms with Crippen molar-refractivity contribution in [2.75, 3.05) is 26.3 Å². The largest absolute Gasteiger partial charge is 0.481 e. The van der Waals surface area contributed by atoms with E-state index in [0.29, 0.717) is 31.1 Å². The summed E-state index contributed by atoms with van der Waals surface area (Å²) in [6, 6.07) is 10.2. The third-order valence-electron chi connectivity index (χ3n) is 5.68. The number of thiophene rings is 2. The number of nitrogens with zero attached hydrogens (tertiary/aromatic N) is 1. The molecule has 1 N–H and O–H groups in total. The van der Waals surface area contributed by atoms with Gasteiger partial charge in [-0.1, -0.05) is 18.2 Å². The zero-order chi connectivity index (χ0) is 17.9. The molecule has 2 aromatic heterocycles. The fourth-order valence-electron chi connectivity index (χ4n) is 4.21. The Labute approximate surface area is 157 Å². The Morgan fingerprint density at radius 1 is 1.23 bits per heavy atom. The minimum absolute atomic E-state index is 0.0579. The Morgan fingerprint density at radius 3 is 2.88 bits per heavy atom. The van der Waals surface area contributed by atoms with Gasteiger partial charge in [0.1, 0.15) is 0 Å². The summed E-state index contributed by atoms with van der Waals surface area (Å²) in [5.74, 6) is -0.989. The molecule has 2 saturated heterocycles. The Balaban J connectivity index is 1.48. The number of carbonyl (C=O) groups excluding carboxylic acids is 1. The first-order valence-electron chi connectivity index (χ1n) is 8.60. The highest BCUT2D eigenvalue weighted by Gasteiger charge is 2.55.